The van der Waals surface area contributed by atoms with Crippen molar-refractivity contribution in [3.63, 3.8) is 0 Å². The Morgan fingerprint density at radius 1 is 1.53 bits per heavy atom. The van der Waals surface area contributed by atoms with Gasteiger partial charge < -0.3 is 4.74 Å². The van der Waals surface area contributed by atoms with Crippen LogP contribution in [0.25, 0.3) is 0 Å². The minimum absolute atomic E-state index is 0.0661. The number of nitrogens with zero attached hydrogens (tertiary/aromatic N) is 1. The Morgan fingerprint density at radius 3 is 2.53 bits per heavy atom. The Balaban J connectivity index is 3.59. The quantitative estimate of drug-likeness (QED) is 0.479. The molecule has 0 heterocycles. The van der Waals surface area contributed by atoms with Crippen LogP contribution in [0.4, 0.5) is 10.1 Å². The van der Waals surface area contributed by atoms with E-state index in [1.54, 1.807) is 6.92 Å². The lowest BCUT2D eigenvalue weighted by Crippen LogP contribution is -2.05. The minimum atomic E-state index is -4.47. The molecule has 1 aromatic rings. The molecular formula is C8H7ClFNO5S. The highest BCUT2D eigenvalue weighted by molar-refractivity contribution is 8.13. The van der Waals surface area contributed by atoms with Crippen LogP contribution < -0.4 is 4.74 Å². The summed E-state index contributed by atoms with van der Waals surface area (Å²) in [4.78, 5) is 8.39. The molecule has 0 atom stereocenters. The average Bonchev–Trinajstić information content (AvgIpc) is 2.15. The van der Waals surface area contributed by atoms with Crippen molar-refractivity contribution in [2.24, 2.45) is 0 Å². The zero-order chi connectivity index (χ0) is 13.2. The van der Waals surface area contributed by atoms with Gasteiger partial charge in [0.1, 0.15) is 5.75 Å². The van der Waals surface area contributed by atoms with Crippen LogP contribution in [0.2, 0.25) is 0 Å². The fourth-order valence-corrected chi connectivity index (χ4v) is 2.28. The van der Waals surface area contributed by atoms with Crippen molar-refractivity contribution < 1.29 is 22.5 Å². The summed E-state index contributed by atoms with van der Waals surface area (Å²) in [7, 11) is 0.536. The van der Waals surface area contributed by atoms with Crippen LogP contribution in [0, 0.1) is 15.9 Å². The first kappa shape index (κ1) is 13.7. The Labute approximate surface area is 101 Å². The maximum Gasteiger partial charge on any atom is 0.306 e. The SMILES string of the molecule is CCOc1ccc([N+](=O)[O-])c(F)c1S(=O)(=O)Cl. The van der Waals surface area contributed by atoms with Gasteiger partial charge in [-0.3, -0.25) is 10.1 Å². The standard InChI is InChI=1S/C8H7ClFNO5S/c1-2-16-6-4-3-5(11(12)13)7(10)8(6)17(9,14)15/h3-4H,2H2,1H3. The summed E-state index contributed by atoms with van der Waals surface area (Å²) < 4.78 is 40.8. The van der Waals surface area contributed by atoms with Crippen molar-refractivity contribution >= 4 is 25.4 Å². The number of halogens is 2. The third-order valence-electron chi connectivity index (χ3n) is 1.78. The molecule has 0 aromatic heterocycles. The maximum atomic E-state index is 13.6. The number of nitro benzene ring substituents is 1. The van der Waals surface area contributed by atoms with E-state index in [1.165, 1.54) is 0 Å². The first-order valence-corrected chi connectivity index (χ1v) is 6.64. The van der Waals surface area contributed by atoms with Gasteiger partial charge in [0.2, 0.25) is 5.82 Å². The predicted molar refractivity (Wildman–Crippen MR) is 57.3 cm³/mol. The smallest absolute Gasteiger partial charge is 0.306 e. The average molecular weight is 284 g/mol. The molecule has 0 aliphatic rings. The molecule has 0 N–H and O–H groups in total. The lowest BCUT2D eigenvalue weighted by molar-refractivity contribution is -0.387. The van der Waals surface area contributed by atoms with E-state index in [2.05, 4.69) is 0 Å². The van der Waals surface area contributed by atoms with Crippen LogP contribution in [-0.4, -0.2) is 19.9 Å². The van der Waals surface area contributed by atoms with Crippen molar-refractivity contribution in [3.05, 3.63) is 28.1 Å². The Hall–Kier alpha value is -1.41. The molecule has 0 saturated heterocycles. The van der Waals surface area contributed by atoms with E-state index in [1.807, 2.05) is 0 Å². The molecular weight excluding hydrogens is 277 g/mol. The van der Waals surface area contributed by atoms with E-state index in [4.69, 9.17) is 15.4 Å². The Morgan fingerprint density at radius 2 is 2.12 bits per heavy atom. The fourth-order valence-electron chi connectivity index (χ4n) is 1.17. The summed E-state index contributed by atoms with van der Waals surface area (Å²) in [5.41, 5.74) is -0.979. The summed E-state index contributed by atoms with van der Waals surface area (Å²) in [6.07, 6.45) is 0. The summed E-state index contributed by atoms with van der Waals surface area (Å²) >= 11 is 0. The van der Waals surface area contributed by atoms with Crippen molar-refractivity contribution in [2.45, 2.75) is 11.8 Å². The Bertz CT molecular complexity index is 559. The van der Waals surface area contributed by atoms with Gasteiger partial charge in [-0.1, -0.05) is 0 Å². The third-order valence-corrected chi connectivity index (χ3v) is 3.11. The van der Waals surface area contributed by atoms with Crippen LogP contribution in [0.1, 0.15) is 6.92 Å². The predicted octanol–water partition coefficient (Wildman–Crippen LogP) is 2.06. The normalized spacial score (nSPS) is 11.2. The van der Waals surface area contributed by atoms with Gasteiger partial charge >= 0.3 is 5.69 Å². The van der Waals surface area contributed by atoms with Crippen molar-refractivity contribution in [2.75, 3.05) is 6.61 Å². The lowest BCUT2D eigenvalue weighted by atomic mass is 10.3. The van der Waals surface area contributed by atoms with E-state index < -0.39 is 30.4 Å². The van der Waals surface area contributed by atoms with Gasteiger partial charge in [-0.05, 0) is 13.0 Å². The van der Waals surface area contributed by atoms with Crippen molar-refractivity contribution in [1.29, 1.82) is 0 Å². The number of ether oxygens (including phenoxy) is 1. The molecule has 6 nitrogen and oxygen atoms in total. The Kier molecular flexibility index (Phi) is 3.89. The molecule has 0 saturated carbocycles. The van der Waals surface area contributed by atoms with E-state index in [0.717, 1.165) is 12.1 Å². The maximum absolute atomic E-state index is 13.6. The van der Waals surface area contributed by atoms with Gasteiger partial charge in [-0.15, -0.1) is 0 Å². The third kappa shape index (κ3) is 2.83. The summed E-state index contributed by atoms with van der Waals surface area (Å²) in [5.74, 6) is -1.89. The molecule has 0 unspecified atom stereocenters. The van der Waals surface area contributed by atoms with E-state index in [0.29, 0.717) is 0 Å². The lowest BCUT2D eigenvalue weighted by Gasteiger charge is -2.08. The highest BCUT2D eigenvalue weighted by atomic mass is 35.7. The summed E-state index contributed by atoms with van der Waals surface area (Å²) in [5, 5.41) is 10.5. The molecule has 94 valence electrons. The molecule has 0 radical (unpaired) electrons. The molecule has 0 amide bonds. The van der Waals surface area contributed by atoms with E-state index >= 15 is 0 Å². The second kappa shape index (κ2) is 4.84. The van der Waals surface area contributed by atoms with Gasteiger partial charge in [0.15, 0.2) is 4.90 Å². The molecule has 9 heteroatoms. The first-order chi connectivity index (χ1) is 7.79. The number of hydrogen-bond donors (Lipinski definition) is 0. The van der Waals surface area contributed by atoms with Crippen LogP contribution in [0.3, 0.4) is 0 Å². The van der Waals surface area contributed by atoms with E-state index in [-0.39, 0.29) is 12.4 Å². The van der Waals surface area contributed by atoms with Crippen molar-refractivity contribution in [1.82, 2.24) is 0 Å². The number of nitro groups is 1. The van der Waals surface area contributed by atoms with Gasteiger partial charge in [0.05, 0.1) is 11.5 Å². The van der Waals surface area contributed by atoms with Crippen LogP contribution in [0.15, 0.2) is 17.0 Å². The molecule has 0 fully saturated rings. The molecule has 1 aromatic carbocycles. The van der Waals surface area contributed by atoms with Crippen LogP contribution in [0.5, 0.6) is 5.75 Å². The first-order valence-electron chi connectivity index (χ1n) is 4.33. The number of benzene rings is 1. The topological polar surface area (TPSA) is 86.5 Å². The zero-order valence-electron chi connectivity index (χ0n) is 8.51. The molecule has 0 aliphatic carbocycles. The molecule has 0 bridgehead atoms. The largest absolute Gasteiger partial charge is 0.492 e. The molecule has 17 heavy (non-hydrogen) atoms. The van der Waals surface area contributed by atoms with Crippen LogP contribution in [-0.2, 0) is 9.05 Å². The second-order valence-corrected chi connectivity index (χ2v) is 5.36. The summed E-state index contributed by atoms with van der Waals surface area (Å²) in [6, 6.07) is 1.80. The van der Waals surface area contributed by atoms with E-state index in [9.17, 15) is 22.9 Å². The fraction of sp³-hybridized carbons (Fsp3) is 0.250. The van der Waals surface area contributed by atoms with Gasteiger partial charge in [0, 0.05) is 16.7 Å². The van der Waals surface area contributed by atoms with Gasteiger partial charge in [-0.25, -0.2) is 8.42 Å². The highest BCUT2D eigenvalue weighted by Crippen LogP contribution is 2.34. The summed E-state index contributed by atoms with van der Waals surface area (Å²) in [6.45, 7) is 1.61. The molecule has 0 aliphatic heterocycles. The minimum Gasteiger partial charge on any atom is -0.492 e. The van der Waals surface area contributed by atoms with Gasteiger partial charge in [-0.2, -0.15) is 4.39 Å². The van der Waals surface area contributed by atoms with Crippen LogP contribution >= 0.6 is 10.7 Å². The highest BCUT2D eigenvalue weighted by Gasteiger charge is 2.29. The number of hydrogen-bond acceptors (Lipinski definition) is 5. The van der Waals surface area contributed by atoms with Gasteiger partial charge in [0.25, 0.3) is 9.05 Å². The monoisotopic (exact) mass is 283 g/mol. The zero-order valence-corrected chi connectivity index (χ0v) is 10.1. The molecule has 1 rings (SSSR count). The second-order valence-electron chi connectivity index (χ2n) is 2.85. The van der Waals surface area contributed by atoms with Crippen molar-refractivity contribution in [3.8, 4) is 5.75 Å². The molecule has 0 spiro atoms. The number of rotatable bonds is 4.